The quantitative estimate of drug-likeness (QED) is 0.470. The van der Waals surface area contributed by atoms with Gasteiger partial charge in [-0.2, -0.15) is 13.2 Å². The molecule has 0 aromatic heterocycles. The number of hydrogen-bond acceptors (Lipinski definition) is 2. The van der Waals surface area contributed by atoms with E-state index in [0.29, 0.717) is 30.1 Å². The molecular weight excluding hydrogens is 401 g/mol. The minimum absolute atomic E-state index is 0.204. The molecule has 4 aliphatic rings. The molecule has 1 unspecified atom stereocenters. The van der Waals surface area contributed by atoms with E-state index in [0.717, 1.165) is 45.4 Å². The van der Waals surface area contributed by atoms with E-state index in [-0.39, 0.29) is 17.3 Å². The Labute approximate surface area is 185 Å². The summed E-state index contributed by atoms with van der Waals surface area (Å²) in [5, 5.41) is 20.4. The highest BCUT2D eigenvalue weighted by molar-refractivity contribution is 5.26. The van der Waals surface area contributed by atoms with E-state index < -0.39 is 17.4 Å². The van der Waals surface area contributed by atoms with Crippen LogP contribution in [0.5, 0.6) is 0 Å². The maximum Gasteiger partial charge on any atom is 0.416 e. The molecule has 0 aromatic carbocycles. The van der Waals surface area contributed by atoms with Gasteiger partial charge in [0, 0.05) is 0 Å². The van der Waals surface area contributed by atoms with Crippen LogP contribution in [0.15, 0.2) is 11.6 Å². The first-order chi connectivity index (χ1) is 14.2. The number of halogens is 3. The summed E-state index contributed by atoms with van der Waals surface area (Å²) in [5.41, 5.74) is -1.26. The average Bonchev–Trinajstić information content (AvgIpc) is 2.98. The Bertz CT molecular complexity index is 725. The Hall–Kier alpha value is -0.550. The van der Waals surface area contributed by atoms with Gasteiger partial charge in [0.05, 0.1) is 5.60 Å². The molecule has 8 atom stereocenters. The lowest BCUT2D eigenvalue weighted by atomic mass is 9.46. The molecule has 0 amide bonds. The second-order valence-corrected chi connectivity index (χ2v) is 12.4. The van der Waals surface area contributed by atoms with E-state index in [1.54, 1.807) is 0 Å². The number of aliphatic hydroxyl groups is 2. The second-order valence-electron chi connectivity index (χ2n) is 12.4. The van der Waals surface area contributed by atoms with Gasteiger partial charge >= 0.3 is 6.18 Å². The van der Waals surface area contributed by atoms with Gasteiger partial charge in [0.1, 0.15) is 0 Å². The summed E-state index contributed by atoms with van der Waals surface area (Å²) in [4.78, 5) is 0. The van der Waals surface area contributed by atoms with Crippen molar-refractivity contribution in [1.29, 1.82) is 0 Å². The first-order valence-electron chi connectivity index (χ1n) is 12.4. The predicted molar refractivity (Wildman–Crippen MR) is 116 cm³/mol. The van der Waals surface area contributed by atoms with Crippen molar-refractivity contribution in [2.24, 2.45) is 34.5 Å². The Balaban J connectivity index is 1.45. The molecule has 0 heterocycles. The minimum atomic E-state index is -4.56. The second kappa shape index (κ2) is 7.48. The van der Waals surface area contributed by atoms with Gasteiger partial charge in [0.2, 0.25) is 0 Å². The molecule has 0 radical (unpaired) electrons. The van der Waals surface area contributed by atoms with Crippen LogP contribution in [0.3, 0.4) is 0 Å². The monoisotopic (exact) mass is 442 g/mol. The summed E-state index contributed by atoms with van der Waals surface area (Å²) < 4.78 is 39.0. The molecule has 3 saturated carbocycles. The Morgan fingerprint density at radius 2 is 1.74 bits per heavy atom. The van der Waals surface area contributed by atoms with Gasteiger partial charge in [-0.15, -0.1) is 0 Å². The van der Waals surface area contributed by atoms with Gasteiger partial charge in [0.25, 0.3) is 0 Å². The number of allylic oxidation sites excluding steroid dienone is 1. The molecule has 0 bridgehead atoms. The lowest BCUT2D eigenvalue weighted by Crippen LogP contribution is -2.51. The zero-order valence-electron chi connectivity index (χ0n) is 19.7. The van der Waals surface area contributed by atoms with Crippen molar-refractivity contribution in [2.75, 3.05) is 0 Å². The highest BCUT2D eigenvalue weighted by Gasteiger charge is 2.59. The van der Waals surface area contributed by atoms with Crippen LogP contribution in [0.25, 0.3) is 0 Å². The van der Waals surface area contributed by atoms with Gasteiger partial charge in [-0.25, -0.2) is 0 Å². The highest BCUT2D eigenvalue weighted by atomic mass is 19.4. The molecule has 31 heavy (non-hydrogen) atoms. The largest absolute Gasteiger partial charge is 0.416 e. The third-order valence-corrected chi connectivity index (χ3v) is 10.4. The summed E-state index contributed by atoms with van der Waals surface area (Å²) in [6.45, 7) is 7.71. The molecule has 4 rings (SSSR count). The highest BCUT2D eigenvalue weighted by Crippen LogP contribution is 2.67. The molecule has 178 valence electrons. The molecule has 0 aliphatic heterocycles. The summed E-state index contributed by atoms with van der Waals surface area (Å²) in [7, 11) is 0. The Morgan fingerprint density at radius 3 is 2.42 bits per heavy atom. The number of fused-ring (bicyclic) bond motifs is 5. The van der Waals surface area contributed by atoms with Crippen molar-refractivity contribution in [1.82, 2.24) is 0 Å². The summed E-state index contributed by atoms with van der Waals surface area (Å²) in [5.74, 6) is 2.45. The van der Waals surface area contributed by atoms with E-state index in [2.05, 4.69) is 19.9 Å². The molecule has 2 nitrogen and oxygen atoms in total. The molecule has 5 heteroatoms. The SMILES string of the molecule is CC(O)(CCC[C@H]1CC[C@H]2[C@@H]3CC=C4C[C@@](C)(O)CC[C@]4(C)[C@H]3CC[C@]12C)C(F)(F)F. The van der Waals surface area contributed by atoms with Crippen molar-refractivity contribution in [3.05, 3.63) is 11.6 Å². The predicted octanol–water partition coefficient (Wildman–Crippen LogP) is 6.80. The van der Waals surface area contributed by atoms with E-state index in [9.17, 15) is 23.4 Å². The van der Waals surface area contributed by atoms with Crippen molar-refractivity contribution >= 4 is 0 Å². The van der Waals surface area contributed by atoms with Crippen molar-refractivity contribution in [2.45, 2.75) is 116 Å². The van der Waals surface area contributed by atoms with Crippen LogP contribution < -0.4 is 0 Å². The van der Waals surface area contributed by atoms with Crippen molar-refractivity contribution in [3.8, 4) is 0 Å². The van der Waals surface area contributed by atoms with Crippen LogP contribution in [0.2, 0.25) is 0 Å². The van der Waals surface area contributed by atoms with Crippen LogP contribution in [0.4, 0.5) is 13.2 Å². The number of rotatable bonds is 4. The third-order valence-electron chi connectivity index (χ3n) is 10.4. The third kappa shape index (κ3) is 3.90. The van der Waals surface area contributed by atoms with Crippen LogP contribution in [0.1, 0.15) is 98.3 Å². The fourth-order valence-corrected chi connectivity index (χ4v) is 8.22. The zero-order chi connectivity index (χ0) is 22.9. The lowest BCUT2D eigenvalue weighted by Gasteiger charge is -2.59. The fraction of sp³-hybridized carbons (Fsp3) is 0.923. The van der Waals surface area contributed by atoms with Gasteiger partial charge in [-0.3, -0.25) is 0 Å². The maximum atomic E-state index is 13.0. The fourth-order valence-electron chi connectivity index (χ4n) is 8.22. The maximum absolute atomic E-state index is 13.0. The average molecular weight is 443 g/mol. The summed E-state index contributed by atoms with van der Waals surface area (Å²) >= 11 is 0. The lowest BCUT2D eigenvalue weighted by molar-refractivity contribution is -0.255. The molecule has 2 N–H and O–H groups in total. The van der Waals surface area contributed by atoms with Gasteiger partial charge in [-0.05, 0) is 119 Å². The first kappa shape index (κ1) is 23.6. The zero-order valence-corrected chi connectivity index (χ0v) is 19.7. The van der Waals surface area contributed by atoms with Gasteiger partial charge in [0.15, 0.2) is 5.60 Å². The Morgan fingerprint density at radius 1 is 1.03 bits per heavy atom. The smallest absolute Gasteiger partial charge is 0.390 e. The van der Waals surface area contributed by atoms with Crippen molar-refractivity contribution < 1.29 is 23.4 Å². The van der Waals surface area contributed by atoms with E-state index >= 15 is 0 Å². The van der Waals surface area contributed by atoms with Gasteiger partial charge < -0.3 is 10.2 Å². The Kier molecular flexibility index (Phi) is 5.70. The van der Waals surface area contributed by atoms with Gasteiger partial charge in [-0.1, -0.05) is 25.5 Å². The van der Waals surface area contributed by atoms with Crippen LogP contribution >= 0.6 is 0 Å². The van der Waals surface area contributed by atoms with E-state index in [1.165, 1.54) is 24.8 Å². The molecule has 0 aromatic rings. The van der Waals surface area contributed by atoms with Crippen LogP contribution in [0, 0.1) is 34.5 Å². The summed E-state index contributed by atoms with van der Waals surface area (Å²) in [6.07, 6.45) is 7.40. The molecule has 0 spiro atoms. The number of alkyl halides is 3. The first-order valence-corrected chi connectivity index (χ1v) is 12.4. The topological polar surface area (TPSA) is 40.5 Å². The molecular formula is C26H41F3O2. The molecule has 0 saturated heterocycles. The minimum Gasteiger partial charge on any atom is -0.390 e. The van der Waals surface area contributed by atoms with E-state index in [1.807, 2.05) is 6.92 Å². The normalized spacial score (nSPS) is 47.1. The molecule has 3 fully saturated rings. The molecule has 4 aliphatic carbocycles. The van der Waals surface area contributed by atoms with Crippen molar-refractivity contribution in [3.63, 3.8) is 0 Å². The van der Waals surface area contributed by atoms with E-state index in [4.69, 9.17) is 0 Å². The number of hydrogen-bond donors (Lipinski definition) is 2. The standard InChI is InChI=1S/C26H41F3O2/c1-22(30)14-15-24(3)18(16-22)7-9-19-20-10-8-17(23(20,2)13-11-21(19)24)6-5-12-25(4,31)26(27,28)29/h7,17,19-21,30-31H,5-6,8-16H2,1-4H3/t17-,19-,20-,21-,22-,23+,24-,25?/m0/s1. The summed E-state index contributed by atoms with van der Waals surface area (Å²) in [6, 6.07) is 0. The van der Waals surface area contributed by atoms with Crippen LogP contribution in [-0.4, -0.2) is 27.6 Å². The van der Waals surface area contributed by atoms with Crippen LogP contribution in [-0.2, 0) is 0 Å².